The highest BCUT2D eigenvalue weighted by molar-refractivity contribution is 5.95. The lowest BCUT2D eigenvalue weighted by atomic mass is 10.1. The van der Waals surface area contributed by atoms with E-state index < -0.39 is 28.9 Å². The standard InChI is InChI=1S/C23H18F3N5O5/c1-35-17-7-8-18(30-20(17)36-2)31-21(33)14-11-27-16(9-15(14)29-22(31)34)19(32)28-10-12-3-5-13(6-4-12)23(24,25)26/h3-9,11H,10H2,1-2H3,(H,28,32)(H,29,34). The molecule has 36 heavy (non-hydrogen) atoms. The summed E-state index contributed by atoms with van der Waals surface area (Å²) in [6.45, 7) is -0.0558. The van der Waals surface area contributed by atoms with E-state index >= 15 is 0 Å². The molecule has 0 saturated heterocycles. The van der Waals surface area contributed by atoms with Crippen LogP contribution in [-0.4, -0.2) is 39.6 Å². The van der Waals surface area contributed by atoms with Crippen LogP contribution in [0.15, 0.2) is 58.3 Å². The third kappa shape index (κ3) is 4.76. The molecule has 0 radical (unpaired) electrons. The summed E-state index contributed by atoms with van der Waals surface area (Å²) in [5, 5.41) is 2.55. The first-order valence-electron chi connectivity index (χ1n) is 10.3. The van der Waals surface area contributed by atoms with E-state index in [4.69, 9.17) is 9.47 Å². The summed E-state index contributed by atoms with van der Waals surface area (Å²) >= 11 is 0. The van der Waals surface area contributed by atoms with Gasteiger partial charge in [-0.15, -0.1) is 0 Å². The number of alkyl halides is 3. The van der Waals surface area contributed by atoms with Crippen molar-refractivity contribution < 1.29 is 27.4 Å². The summed E-state index contributed by atoms with van der Waals surface area (Å²) in [5.74, 6) is -0.290. The number of carbonyl (C=O) groups is 1. The Morgan fingerprint density at radius 3 is 2.44 bits per heavy atom. The highest BCUT2D eigenvalue weighted by Crippen LogP contribution is 2.29. The normalized spacial score (nSPS) is 11.4. The SMILES string of the molecule is COc1ccc(-n2c(=O)[nH]c3cc(C(=O)NCc4ccc(C(F)(F)F)cc4)ncc3c2=O)nc1OC. The Morgan fingerprint density at radius 2 is 1.81 bits per heavy atom. The number of nitrogens with one attached hydrogen (secondary N) is 2. The lowest BCUT2D eigenvalue weighted by Crippen LogP contribution is -2.34. The molecule has 1 aromatic carbocycles. The van der Waals surface area contributed by atoms with Gasteiger partial charge in [0.2, 0.25) is 0 Å². The minimum absolute atomic E-state index is 0.0147. The van der Waals surface area contributed by atoms with Crippen LogP contribution < -0.4 is 26.0 Å². The van der Waals surface area contributed by atoms with Crippen molar-refractivity contribution in [2.75, 3.05) is 14.2 Å². The fourth-order valence-corrected chi connectivity index (χ4v) is 3.37. The Morgan fingerprint density at radius 1 is 1.08 bits per heavy atom. The van der Waals surface area contributed by atoms with Gasteiger partial charge in [-0.1, -0.05) is 12.1 Å². The maximum absolute atomic E-state index is 13.0. The number of rotatable bonds is 6. The zero-order valence-electron chi connectivity index (χ0n) is 18.8. The van der Waals surface area contributed by atoms with Gasteiger partial charge >= 0.3 is 11.9 Å². The highest BCUT2D eigenvalue weighted by atomic mass is 19.4. The Balaban J connectivity index is 1.59. The van der Waals surface area contributed by atoms with Gasteiger partial charge in [0.05, 0.1) is 30.7 Å². The number of benzene rings is 1. The molecule has 1 amide bonds. The number of H-pyrrole nitrogens is 1. The van der Waals surface area contributed by atoms with Crippen LogP contribution in [0.1, 0.15) is 21.6 Å². The predicted molar refractivity (Wildman–Crippen MR) is 121 cm³/mol. The van der Waals surface area contributed by atoms with Crippen molar-refractivity contribution in [3.63, 3.8) is 0 Å². The van der Waals surface area contributed by atoms with Crippen LogP contribution in [0.25, 0.3) is 16.7 Å². The summed E-state index contributed by atoms with van der Waals surface area (Å²) in [7, 11) is 2.77. The van der Waals surface area contributed by atoms with Crippen LogP contribution >= 0.6 is 0 Å². The van der Waals surface area contributed by atoms with Gasteiger partial charge in [0.1, 0.15) is 11.5 Å². The van der Waals surface area contributed by atoms with Crippen LogP contribution in [0.2, 0.25) is 0 Å². The zero-order chi connectivity index (χ0) is 26.0. The Bertz CT molecular complexity index is 1560. The molecule has 0 unspecified atom stereocenters. The first kappa shape index (κ1) is 24.4. The second-order valence-electron chi connectivity index (χ2n) is 7.44. The predicted octanol–water partition coefficient (Wildman–Crippen LogP) is 2.44. The van der Waals surface area contributed by atoms with E-state index in [0.29, 0.717) is 11.3 Å². The second-order valence-corrected chi connectivity index (χ2v) is 7.44. The zero-order valence-corrected chi connectivity index (χ0v) is 18.8. The highest BCUT2D eigenvalue weighted by Gasteiger charge is 2.29. The molecule has 0 atom stereocenters. The van der Waals surface area contributed by atoms with E-state index in [2.05, 4.69) is 20.3 Å². The average Bonchev–Trinajstić information content (AvgIpc) is 2.86. The first-order valence-corrected chi connectivity index (χ1v) is 10.3. The van der Waals surface area contributed by atoms with Gasteiger partial charge in [0, 0.05) is 12.7 Å². The third-order valence-electron chi connectivity index (χ3n) is 5.20. The molecule has 0 bridgehead atoms. The van der Waals surface area contributed by atoms with Gasteiger partial charge in [-0.2, -0.15) is 18.2 Å². The maximum atomic E-state index is 13.0. The molecule has 4 aromatic rings. The summed E-state index contributed by atoms with van der Waals surface area (Å²) in [6.07, 6.45) is -3.32. The summed E-state index contributed by atoms with van der Waals surface area (Å²) in [5.41, 5.74) is -1.93. The van der Waals surface area contributed by atoms with Gasteiger partial charge in [0.25, 0.3) is 17.3 Å². The fraction of sp³-hybridized carbons (Fsp3) is 0.174. The number of ether oxygens (including phenoxy) is 2. The number of amides is 1. The monoisotopic (exact) mass is 501 g/mol. The summed E-state index contributed by atoms with van der Waals surface area (Å²) in [6, 6.07) is 8.45. The fourth-order valence-electron chi connectivity index (χ4n) is 3.37. The van der Waals surface area contributed by atoms with Crippen molar-refractivity contribution in [1.29, 1.82) is 0 Å². The van der Waals surface area contributed by atoms with Gasteiger partial charge in [-0.3, -0.25) is 14.6 Å². The molecule has 186 valence electrons. The van der Waals surface area contributed by atoms with Gasteiger partial charge in [0.15, 0.2) is 5.75 Å². The van der Waals surface area contributed by atoms with E-state index in [-0.39, 0.29) is 34.8 Å². The molecule has 0 fully saturated rings. The number of nitrogens with zero attached hydrogens (tertiary/aromatic N) is 3. The molecule has 4 rings (SSSR count). The number of aromatic amines is 1. The molecular weight excluding hydrogens is 483 g/mol. The molecule has 0 aliphatic heterocycles. The van der Waals surface area contributed by atoms with E-state index in [1.807, 2.05) is 0 Å². The smallest absolute Gasteiger partial charge is 0.416 e. The molecule has 2 N–H and O–H groups in total. The van der Waals surface area contributed by atoms with E-state index in [1.54, 1.807) is 0 Å². The molecule has 0 spiro atoms. The topological polar surface area (TPSA) is 128 Å². The van der Waals surface area contributed by atoms with Crippen molar-refractivity contribution in [2.24, 2.45) is 0 Å². The number of hydrogen-bond donors (Lipinski definition) is 2. The first-order chi connectivity index (χ1) is 17.1. The largest absolute Gasteiger partial charge is 0.491 e. The Hall–Kier alpha value is -4.68. The Kier molecular flexibility index (Phi) is 6.47. The van der Waals surface area contributed by atoms with Gasteiger partial charge in [-0.05, 0) is 35.9 Å². The van der Waals surface area contributed by atoms with Crippen LogP contribution in [0.3, 0.4) is 0 Å². The van der Waals surface area contributed by atoms with E-state index in [1.165, 1.54) is 44.6 Å². The molecule has 0 saturated carbocycles. The van der Waals surface area contributed by atoms with Crippen LogP contribution in [-0.2, 0) is 12.7 Å². The molecule has 0 aliphatic carbocycles. The van der Waals surface area contributed by atoms with Crippen molar-refractivity contribution in [3.05, 3.63) is 86.3 Å². The van der Waals surface area contributed by atoms with Crippen molar-refractivity contribution in [2.45, 2.75) is 12.7 Å². The van der Waals surface area contributed by atoms with Crippen LogP contribution in [0.4, 0.5) is 13.2 Å². The van der Waals surface area contributed by atoms with E-state index in [0.717, 1.165) is 22.9 Å². The van der Waals surface area contributed by atoms with Crippen molar-refractivity contribution >= 4 is 16.8 Å². The van der Waals surface area contributed by atoms with Gasteiger partial charge < -0.3 is 19.8 Å². The van der Waals surface area contributed by atoms with Crippen LogP contribution in [0.5, 0.6) is 11.6 Å². The van der Waals surface area contributed by atoms with Crippen LogP contribution in [0, 0.1) is 0 Å². The van der Waals surface area contributed by atoms with E-state index in [9.17, 15) is 27.6 Å². The summed E-state index contributed by atoms with van der Waals surface area (Å²) in [4.78, 5) is 48.8. The van der Waals surface area contributed by atoms with Crippen molar-refractivity contribution in [3.8, 4) is 17.4 Å². The minimum atomic E-state index is -4.46. The lowest BCUT2D eigenvalue weighted by molar-refractivity contribution is -0.137. The number of carbonyl (C=O) groups excluding carboxylic acids is 1. The number of pyridine rings is 2. The summed E-state index contributed by atoms with van der Waals surface area (Å²) < 4.78 is 49.1. The number of aromatic nitrogens is 4. The average molecular weight is 501 g/mol. The molecule has 3 aromatic heterocycles. The molecule has 0 aliphatic rings. The minimum Gasteiger partial charge on any atom is -0.491 e. The van der Waals surface area contributed by atoms with Gasteiger partial charge in [-0.25, -0.2) is 9.36 Å². The Labute approximate surface area is 200 Å². The maximum Gasteiger partial charge on any atom is 0.416 e. The number of hydrogen-bond acceptors (Lipinski definition) is 7. The second kappa shape index (κ2) is 9.52. The number of methoxy groups -OCH3 is 2. The quantitative estimate of drug-likeness (QED) is 0.415. The molecule has 10 nitrogen and oxygen atoms in total. The molecule has 13 heteroatoms. The van der Waals surface area contributed by atoms with Crippen molar-refractivity contribution in [1.82, 2.24) is 24.8 Å². The molecule has 3 heterocycles. The number of fused-ring (bicyclic) bond motifs is 1. The lowest BCUT2D eigenvalue weighted by Gasteiger charge is -2.10. The molecular formula is C23H18F3N5O5. The number of halogens is 3. The third-order valence-corrected chi connectivity index (χ3v) is 5.20.